The van der Waals surface area contributed by atoms with E-state index in [0.29, 0.717) is 23.6 Å². The van der Waals surface area contributed by atoms with Gasteiger partial charge in [-0.05, 0) is 25.0 Å². The minimum Gasteiger partial charge on any atom is -0.493 e. The van der Waals surface area contributed by atoms with Crippen molar-refractivity contribution >= 4 is 17.1 Å². The first-order valence-corrected chi connectivity index (χ1v) is 7.30. The molecule has 0 bridgehead atoms. The van der Waals surface area contributed by atoms with Gasteiger partial charge in [0.15, 0.2) is 17.3 Å². The SMILES string of the molecule is COc1cccc(-c2nc3c(s2)CCCC3=O)c1OC. The number of fused-ring (bicyclic) bond motifs is 1. The summed E-state index contributed by atoms with van der Waals surface area (Å²) in [6, 6.07) is 5.69. The maximum atomic E-state index is 11.9. The molecule has 5 heteroatoms. The van der Waals surface area contributed by atoms with E-state index < -0.39 is 0 Å². The molecule has 1 aromatic carbocycles. The molecule has 0 unspecified atom stereocenters. The van der Waals surface area contributed by atoms with Gasteiger partial charge in [0.05, 0.1) is 19.8 Å². The van der Waals surface area contributed by atoms with Crippen LogP contribution in [0, 0.1) is 0 Å². The molecule has 3 rings (SSSR count). The Morgan fingerprint density at radius 2 is 2.05 bits per heavy atom. The predicted octanol–water partition coefficient (Wildman–Crippen LogP) is 3.35. The minimum atomic E-state index is 0.149. The molecule has 1 heterocycles. The van der Waals surface area contributed by atoms with Crippen LogP contribution >= 0.6 is 11.3 Å². The molecule has 0 fully saturated rings. The van der Waals surface area contributed by atoms with Crippen molar-refractivity contribution in [2.75, 3.05) is 14.2 Å². The molecule has 0 atom stereocenters. The topological polar surface area (TPSA) is 48.4 Å². The van der Waals surface area contributed by atoms with Crippen molar-refractivity contribution in [3.05, 3.63) is 28.8 Å². The van der Waals surface area contributed by atoms with Crippen molar-refractivity contribution < 1.29 is 14.3 Å². The van der Waals surface area contributed by atoms with Gasteiger partial charge < -0.3 is 9.47 Å². The van der Waals surface area contributed by atoms with Crippen LogP contribution in [-0.2, 0) is 6.42 Å². The number of aromatic nitrogens is 1. The standard InChI is InChI=1S/C15H15NO3S/c1-18-11-7-3-5-9(14(11)19-2)15-16-13-10(17)6-4-8-12(13)20-15/h3,5,7H,4,6,8H2,1-2H3. The van der Waals surface area contributed by atoms with Gasteiger partial charge in [0.25, 0.3) is 0 Å². The van der Waals surface area contributed by atoms with E-state index >= 15 is 0 Å². The van der Waals surface area contributed by atoms with E-state index in [4.69, 9.17) is 9.47 Å². The Bertz CT molecular complexity index is 663. The van der Waals surface area contributed by atoms with Crippen molar-refractivity contribution in [1.82, 2.24) is 4.98 Å². The van der Waals surface area contributed by atoms with E-state index in [-0.39, 0.29) is 5.78 Å². The van der Waals surface area contributed by atoms with Crippen LogP contribution in [0.3, 0.4) is 0 Å². The summed E-state index contributed by atoms with van der Waals surface area (Å²) in [5.74, 6) is 1.48. The Balaban J connectivity index is 2.12. The number of nitrogens with zero attached hydrogens (tertiary/aromatic N) is 1. The number of carbonyl (C=O) groups excluding carboxylic acids is 1. The first-order chi connectivity index (χ1) is 9.74. The summed E-state index contributed by atoms with van der Waals surface area (Å²) in [6.45, 7) is 0. The molecule has 1 aliphatic rings. The average molecular weight is 289 g/mol. The maximum absolute atomic E-state index is 11.9. The van der Waals surface area contributed by atoms with Gasteiger partial charge in [0.2, 0.25) is 0 Å². The Labute approximate surface area is 121 Å². The number of para-hydroxylation sites is 1. The van der Waals surface area contributed by atoms with Gasteiger partial charge >= 0.3 is 0 Å². The van der Waals surface area contributed by atoms with E-state index in [9.17, 15) is 4.79 Å². The molecule has 0 amide bonds. The lowest BCUT2D eigenvalue weighted by Crippen LogP contribution is -2.08. The van der Waals surface area contributed by atoms with Crippen LogP contribution in [0.4, 0.5) is 0 Å². The number of thiazole rings is 1. The van der Waals surface area contributed by atoms with E-state index in [2.05, 4.69) is 4.98 Å². The highest BCUT2D eigenvalue weighted by Gasteiger charge is 2.24. The van der Waals surface area contributed by atoms with Gasteiger partial charge in [-0.25, -0.2) is 4.98 Å². The smallest absolute Gasteiger partial charge is 0.182 e. The molecule has 0 N–H and O–H groups in total. The summed E-state index contributed by atoms with van der Waals surface area (Å²) in [7, 11) is 3.22. The Hall–Kier alpha value is -1.88. The van der Waals surface area contributed by atoms with E-state index in [1.165, 1.54) is 0 Å². The summed E-state index contributed by atoms with van der Waals surface area (Å²) in [6.07, 6.45) is 2.46. The van der Waals surface area contributed by atoms with Gasteiger partial charge in [0, 0.05) is 11.3 Å². The number of hydrogen-bond donors (Lipinski definition) is 0. The van der Waals surface area contributed by atoms with Gasteiger partial charge in [-0.15, -0.1) is 11.3 Å². The summed E-state index contributed by atoms with van der Waals surface area (Å²) in [5, 5.41) is 0.820. The molecule has 0 radical (unpaired) electrons. The Kier molecular flexibility index (Phi) is 3.44. The van der Waals surface area contributed by atoms with Gasteiger partial charge in [0.1, 0.15) is 10.7 Å². The van der Waals surface area contributed by atoms with Crippen LogP contribution in [0.2, 0.25) is 0 Å². The number of benzene rings is 1. The van der Waals surface area contributed by atoms with Crippen LogP contribution in [-0.4, -0.2) is 25.0 Å². The van der Waals surface area contributed by atoms with Gasteiger partial charge in [-0.2, -0.15) is 0 Å². The van der Waals surface area contributed by atoms with Crippen molar-refractivity contribution in [2.45, 2.75) is 19.3 Å². The number of Topliss-reactive ketones (excluding diaryl/α,β-unsaturated/α-hetero) is 1. The zero-order chi connectivity index (χ0) is 14.1. The first kappa shape index (κ1) is 13.1. The van der Waals surface area contributed by atoms with E-state index in [1.54, 1.807) is 25.6 Å². The number of ether oxygens (including phenoxy) is 2. The molecular weight excluding hydrogens is 274 g/mol. The third-order valence-electron chi connectivity index (χ3n) is 3.40. The Morgan fingerprint density at radius 1 is 1.20 bits per heavy atom. The second-order valence-corrected chi connectivity index (χ2v) is 5.69. The summed E-state index contributed by atoms with van der Waals surface area (Å²) in [5.41, 5.74) is 1.51. The summed E-state index contributed by atoms with van der Waals surface area (Å²) < 4.78 is 10.7. The highest BCUT2D eigenvalue weighted by molar-refractivity contribution is 7.15. The molecule has 0 saturated carbocycles. The molecule has 0 aliphatic heterocycles. The molecule has 0 spiro atoms. The molecule has 4 nitrogen and oxygen atoms in total. The van der Waals surface area contributed by atoms with Gasteiger partial charge in [-0.1, -0.05) is 6.07 Å². The zero-order valence-electron chi connectivity index (χ0n) is 11.4. The van der Waals surface area contributed by atoms with Crippen LogP contribution in [0.1, 0.15) is 28.2 Å². The second kappa shape index (κ2) is 5.25. The lowest BCUT2D eigenvalue weighted by atomic mass is 10.0. The predicted molar refractivity (Wildman–Crippen MR) is 77.9 cm³/mol. The quantitative estimate of drug-likeness (QED) is 0.869. The van der Waals surface area contributed by atoms with E-state index in [0.717, 1.165) is 28.3 Å². The lowest BCUT2D eigenvalue weighted by Gasteiger charge is -2.10. The van der Waals surface area contributed by atoms with Crippen LogP contribution in [0.5, 0.6) is 11.5 Å². The third kappa shape index (κ3) is 2.08. The highest BCUT2D eigenvalue weighted by Crippen LogP contribution is 2.41. The van der Waals surface area contributed by atoms with Crippen LogP contribution in [0.15, 0.2) is 18.2 Å². The molecule has 2 aromatic rings. The average Bonchev–Trinajstić information content (AvgIpc) is 2.91. The van der Waals surface area contributed by atoms with Gasteiger partial charge in [-0.3, -0.25) is 4.79 Å². The highest BCUT2D eigenvalue weighted by atomic mass is 32.1. The summed E-state index contributed by atoms with van der Waals surface area (Å²) in [4.78, 5) is 17.5. The fraction of sp³-hybridized carbons (Fsp3) is 0.333. The Morgan fingerprint density at radius 3 is 2.75 bits per heavy atom. The van der Waals surface area contributed by atoms with Crippen molar-refractivity contribution in [2.24, 2.45) is 0 Å². The monoisotopic (exact) mass is 289 g/mol. The number of rotatable bonds is 3. The molecule has 1 aliphatic carbocycles. The number of aryl methyl sites for hydroxylation is 1. The first-order valence-electron chi connectivity index (χ1n) is 6.49. The lowest BCUT2D eigenvalue weighted by molar-refractivity contribution is 0.0968. The maximum Gasteiger partial charge on any atom is 0.182 e. The second-order valence-electron chi connectivity index (χ2n) is 4.61. The minimum absolute atomic E-state index is 0.149. The largest absolute Gasteiger partial charge is 0.493 e. The molecule has 104 valence electrons. The van der Waals surface area contributed by atoms with Crippen LogP contribution in [0.25, 0.3) is 10.6 Å². The van der Waals surface area contributed by atoms with Crippen LogP contribution < -0.4 is 9.47 Å². The molecule has 1 aromatic heterocycles. The molecule has 20 heavy (non-hydrogen) atoms. The van der Waals surface area contributed by atoms with Crippen molar-refractivity contribution in [3.63, 3.8) is 0 Å². The molecule has 0 saturated heterocycles. The number of methoxy groups -OCH3 is 2. The molecular formula is C15H15NO3S. The number of hydrogen-bond acceptors (Lipinski definition) is 5. The number of ketones is 1. The van der Waals surface area contributed by atoms with Crippen molar-refractivity contribution in [3.8, 4) is 22.1 Å². The number of carbonyl (C=O) groups is 1. The van der Waals surface area contributed by atoms with E-state index in [1.807, 2.05) is 18.2 Å². The fourth-order valence-electron chi connectivity index (χ4n) is 2.44. The normalized spacial score (nSPS) is 14.0. The summed E-state index contributed by atoms with van der Waals surface area (Å²) >= 11 is 1.57. The fourth-order valence-corrected chi connectivity index (χ4v) is 3.58. The van der Waals surface area contributed by atoms with Crippen molar-refractivity contribution in [1.29, 1.82) is 0 Å². The zero-order valence-corrected chi connectivity index (χ0v) is 12.3. The third-order valence-corrected chi connectivity index (χ3v) is 4.55.